The number of carbonyl (C=O) groups is 1. The number of amides is 1. The predicted molar refractivity (Wildman–Crippen MR) is 86.4 cm³/mol. The van der Waals surface area contributed by atoms with Gasteiger partial charge in [-0.2, -0.15) is 4.99 Å². The lowest BCUT2D eigenvalue weighted by atomic mass is 10.3. The van der Waals surface area contributed by atoms with Gasteiger partial charge < -0.3 is 4.57 Å². The molecule has 6 nitrogen and oxygen atoms in total. The maximum atomic E-state index is 12.1. The van der Waals surface area contributed by atoms with Gasteiger partial charge in [-0.15, -0.1) is 11.3 Å². The van der Waals surface area contributed by atoms with Crippen LogP contribution in [0.1, 0.15) is 16.6 Å². The molecule has 0 aliphatic carbocycles. The predicted octanol–water partition coefficient (Wildman–Crippen LogP) is 3.43. The zero-order chi connectivity index (χ0) is 15.7. The van der Waals surface area contributed by atoms with Crippen molar-refractivity contribution in [1.82, 2.24) is 4.57 Å². The Bertz CT molecular complexity index is 923. The van der Waals surface area contributed by atoms with E-state index in [1.807, 2.05) is 16.9 Å². The SMILES string of the molecule is CCn1c(=NC(=O)c2cccs2)sc2ccc([N+](=O)[O-])cc21. The van der Waals surface area contributed by atoms with Crippen molar-refractivity contribution in [2.24, 2.45) is 4.99 Å². The number of thiazole rings is 1. The van der Waals surface area contributed by atoms with Crippen LogP contribution < -0.4 is 4.80 Å². The maximum Gasteiger partial charge on any atom is 0.289 e. The van der Waals surface area contributed by atoms with Gasteiger partial charge in [0.25, 0.3) is 11.6 Å². The molecular formula is C14H11N3O3S2. The van der Waals surface area contributed by atoms with Crippen molar-refractivity contribution < 1.29 is 9.72 Å². The van der Waals surface area contributed by atoms with Gasteiger partial charge in [0, 0.05) is 18.7 Å². The van der Waals surface area contributed by atoms with E-state index in [1.165, 1.54) is 34.8 Å². The summed E-state index contributed by atoms with van der Waals surface area (Å²) < 4.78 is 2.68. The van der Waals surface area contributed by atoms with E-state index < -0.39 is 4.92 Å². The number of hydrogen-bond donors (Lipinski definition) is 0. The van der Waals surface area contributed by atoms with Gasteiger partial charge in [0.15, 0.2) is 4.80 Å². The first kappa shape index (κ1) is 14.6. The molecule has 3 rings (SSSR count). The highest BCUT2D eigenvalue weighted by Gasteiger charge is 2.12. The number of benzene rings is 1. The van der Waals surface area contributed by atoms with Crippen LogP contribution in [0, 0.1) is 10.1 Å². The van der Waals surface area contributed by atoms with Gasteiger partial charge in [0.2, 0.25) is 0 Å². The fourth-order valence-corrected chi connectivity index (χ4v) is 3.78. The van der Waals surface area contributed by atoms with Gasteiger partial charge in [0.05, 0.1) is 20.0 Å². The number of nitro benzene ring substituents is 1. The minimum absolute atomic E-state index is 0.0311. The highest BCUT2D eigenvalue weighted by atomic mass is 32.1. The quantitative estimate of drug-likeness (QED) is 0.544. The van der Waals surface area contributed by atoms with Crippen molar-refractivity contribution in [3.63, 3.8) is 0 Å². The van der Waals surface area contributed by atoms with Crippen molar-refractivity contribution >= 4 is 44.5 Å². The minimum atomic E-state index is -0.426. The third kappa shape index (κ3) is 2.58. The van der Waals surface area contributed by atoms with Crippen LogP contribution in [0.15, 0.2) is 40.7 Å². The summed E-state index contributed by atoms with van der Waals surface area (Å²) in [5.41, 5.74) is 0.753. The first-order valence-corrected chi connectivity index (χ1v) is 8.20. The molecule has 1 amide bonds. The van der Waals surface area contributed by atoms with E-state index in [-0.39, 0.29) is 11.6 Å². The smallest absolute Gasteiger partial charge is 0.289 e. The molecule has 0 fully saturated rings. The average Bonchev–Trinajstić information content (AvgIpc) is 3.13. The van der Waals surface area contributed by atoms with E-state index in [0.29, 0.717) is 16.2 Å². The van der Waals surface area contributed by atoms with E-state index in [1.54, 1.807) is 18.2 Å². The normalized spacial score (nSPS) is 12.0. The van der Waals surface area contributed by atoms with Gasteiger partial charge in [-0.25, -0.2) is 0 Å². The summed E-state index contributed by atoms with van der Waals surface area (Å²) in [7, 11) is 0. The molecule has 0 radical (unpaired) electrons. The fraction of sp³-hybridized carbons (Fsp3) is 0.143. The maximum absolute atomic E-state index is 12.1. The lowest BCUT2D eigenvalue weighted by Gasteiger charge is -1.99. The highest BCUT2D eigenvalue weighted by molar-refractivity contribution is 7.16. The van der Waals surface area contributed by atoms with E-state index >= 15 is 0 Å². The highest BCUT2D eigenvalue weighted by Crippen LogP contribution is 2.23. The van der Waals surface area contributed by atoms with Crippen LogP contribution in [0.2, 0.25) is 0 Å². The number of aromatic nitrogens is 1. The standard InChI is InChI=1S/C14H11N3O3S2/c1-2-16-10-8-9(17(19)20)5-6-11(10)22-14(16)15-13(18)12-4-3-7-21-12/h3-8H,2H2,1H3. The second-order valence-electron chi connectivity index (χ2n) is 4.43. The molecular weight excluding hydrogens is 322 g/mol. The molecule has 0 aliphatic rings. The van der Waals surface area contributed by atoms with Crippen molar-refractivity contribution in [2.75, 3.05) is 0 Å². The fourth-order valence-electron chi connectivity index (χ4n) is 2.10. The lowest BCUT2D eigenvalue weighted by molar-refractivity contribution is -0.384. The number of nitrogens with zero attached hydrogens (tertiary/aromatic N) is 3. The van der Waals surface area contributed by atoms with Crippen LogP contribution >= 0.6 is 22.7 Å². The van der Waals surface area contributed by atoms with Crippen LogP contribution in [-0.2, 0) is 6.54 Å². The second kappa shape index (κ2) is 5.82. The van der Waals surface area contributed by atoms with E-state index in [9.17, 15) is 14.9 Å². The van der Waals surface area contributed by atoms with Gasteiger partial charge >= 0.3 is 0 Å². The van der Waals surface area contributed by atoms with Gasteiger partial charge in [-0.1, -0.05) is 17.4 Å². The molecule has 112 valence electrons. The number of carbonyl (C=O) groups excluding carboxylic acids is 1. The molecule has 0 saturated carbocycles. The Morgan fingerprint density at radius 2 is 2.23 bits per heavy atom. The van der Waals surface area contributed by atoms with Gasteiger partial charge in [-0.05, 0) is 24.4 Å². The average molecular weight is 333 g/mol. The zero-order valence-corrected chi connectivity index (χ0v) is 13.2. The molecule has 2 heterocycles. The summed E-state index contributed by atoms with van der Waals surface area (Å²) in [6, 6.07) is 8.20. The largest absolute Gasteiger partial charge is 0.316 e. The molecule has 3 aromatic rings. The van der Waals surface area contributed by atoms with E-state index in [4.69, 9.17) is 0 Å². The van der Waals surface area contributed by atoms with Crippen LogP contribution in [0.5, 0.6) is 0 Å². The summed E-state index contributed by atoms with van der Waals surface area (Å²) >= 11 is 2.69. The Morgan fingerprint density at radius 1 is 1.41 bits per heavy atom. The number of fused-ring (bicyclic) bond motifs is 1. The van der Waals surface area contributed by atoms with Crippen molar-refractivity contribution in [3.05, 3.63) is 55.5 Å². The molecule has 0 saturated heterocycles. The van der Waals surface area contributed by atoms with Crippen molar-refractivity contribution in [2.45, 2.75) is 13.5 Å². The molecule has 2 aromatic heterocycles. The minimum Gasteiger partial charge on any atom is -0.316 e. The summed E-state index contributed by atoms with van der Waals surface area (Å²) in [5.74, 6) is -0.293. The number of hydrogen-bond acceptors (Lipinski definition) is 5. The lowest BCUT2D eigenvalue weighted by Crippen LogP contribution is -2.15. The Kier molecular flexibility index (Phi) is 3.86. The zero-order valence-electron chi connectivity index (χ0n) is 11.6. The Labute approximate surface area is 133 Å². The molecule has 0 atom stereocenters. The van der Waals surface area contributed by atoms with Gasteiger partial charge in [-0.3, -0.25) is 14.9 Å². The summed E-state index contributed by atoms with van der Waals surface area (Å²) in [4.78, 5) is 27.9. The Hall–Kier alpha value is -2.32. The van der Waals surface area contributed by atoms with Crippen LogP contribution in [-0.4, -0.2) is 15.4 Å². The molecule has 0 aliphatic heterocycles. The molecule has 0 spiro atoms. The van der Waals surface area contributed by atoms with E-state index in [2.05, 4.69) is 4.99 Å². The molecule has 1 aromatic carbocycles. The third-order valence-electron chi connectivity index (χ3n) is 3.12. The Morgan fingerprint density at radius 3 is 2.86 bits per heavy atom. The van der Waals surface area contributed by atoms with Crippen molar-refractivity contribution in [3.8, 4) is 0 Å². The molecule has 8 heteroatoms. The van der Waals surface area contributed by atoms with Gasteiger partial charge in [0.1, 0.15) is 0 Å². The number of nitro groups is 1. The summed E-state index contributed by atoms with van der Waals surface area (Å²) in [5, 5.41) is 12.7. The first-order chi connectivity index (χ1) is 10.6. The second-order valence-corrected chi connectivity index (χ2v) is 6.39. The molecule has 22 heavy (non-hydrogen) atoms. The number of non-ortho nitro benzene ring substituents is 1. The van der Waals surface area contributed by atoms with Crippen LogP contribution in [0.25, 0.3) is 10.2 Å². The summed E-state index contributed by atoms with van der Waals surface area (Å²) in [6.07, 6.45) is 0. The third-order valence-corrected chi connectivity index (χ3v) is 5.04. The number of thiophene rings is 1. The topological polar surface area (TPSA) is 77.5 Å². The molecule has 0 unspecified atom stereocenters. The monoisotopic (exact) mass is 333 g/mol. The van der Waals surface area contributed by atoms with Crippen LogP contribution in [0.3, 0.4) is 0 Å². The molecule has 0 N–H and O–H groups in total. The number of rotatable bonds is 3. The first-order valence-electron chi connectivity index (χ1n) is 6.50. The van der Waals surface area contributed by atoms with E-state index in [0.717, 1.165) is 10.2 Å². The van der Waals surface area contributed by atoms with Crippen LogP contribution in [0.4, 0.5) is 5.69 Å². The summed E-state index contributed by atoms with van der Waals surface area (Å²) in [6.45, 7) is 2.50. The molecule has 0 bridgehead atoms. The Balaban J connectivity index is 2.18. The number of aryl methyl sites for hydroxylation is 1. The van der Waals surface area contributed by atoms with Crippen molar-refractivity contribution in [1.29, 1.82) is 0 Å².